The molecule has 0 amide bonds. The van der Waals surface area contributed by atoms with E-state index in [0.717, 1.165) is 7.11 Å². The summed E-state index contributed by atoms with van der Waals surface area (Å²) in [6.45, 7) is 0.931. The van der Waals surface area contributed by atoms with Crippen LogP contribution in [-0.2, 0) is 18.3 Å². The van der Waals surface area contributed by atoms with Crippen LogP contribution in [0.4, 0.5) is 0 Å². The number of ether oxygens (including phenoxy) is 1. The molecule has 0 bridgehead atoms. The number of phosphoric acid groups is 1. The van der Waals surface area contributed by atoms with Gasteiger partial charge in [0.05, 0.1) is 19.8 Å². The van der Waals surface area contributed by atoms with Crippen LogP contribution in [0.3, 0.4) is 0 Å². The summed E-state index contributed by atoms with van der Waals surface area (Å²) in [6.07, 6.45) is 0. The molecule has 1 unspecified atom stereocenters. The summed E-state index contributed by atoms with van der Waals surface area (Å²) in [6, 6.07) is 0. The van der Waals surface area contributed by atoms with Gasteiger partial charge in [0.1, 0.15) is 0 Å². The van der Waals surface area contributed by atoms with Crippen LogP contribution >= 0.6 is 7.82 Å². The second-order valence-electron chi connectivity index (χ2n) is 1.86. The van der Waals surface area contributed by atoms with Crippen LogP contribution in [0.1, 0.15) is 0 Å². The van der Waals surface area contributed by atoms with E-state index in [1.54, 1.807) is 0 Å². The molecule has 0 saturated carbocycles. The highest BCUT2D eigenvalue weighted by atomic mass is 31.2. The van der Waals surface area contributed by atoms with Crippen LogP contribution in [0, 0.1) is 0 Å². The van der Waals surface area contributed by atoms with Crippen LogP contribution < -0.4 is 10.6 Å². The topological polar surface area (TPSA) is 93.8 Å². The van der Waals surface area contributed by atoms with Crippen LogP contribution in [0.15, 0.2) is 0 Å². The number of hydrogen-bond donors (Lipinski definition) is 1. The third kappa shape index (κ3) is 6.72. The quantitative estimate of drug-likeness (QED) is 0.420. The molecule has 2 N–H and O–H groups in total. The van der Waals surface area contributed by atoms with E-state index in [9.17, 15) is 9.46 Å². The van der Waals surface area contributed by atoms with Gasteiger partial charge in [-0.3, -0.25) is 4.57 Å². The Morgan fingerprint density at radius 2 is 2.08 bits per heavy atom. The van der Waals surface area contributed by atoms with Crippen molar-refractivity contribution in [2.24, 2.45) is 5.73 Å². The van der Waals surface area contributed by atoms with Gasteiger partial charge in [0.15, 0.2) is 0 Å². The van der Waals surface area contributed by atoms with Gasteiger partial charge in [0.2, 0.25) is 0 Å². The monoisotopic (exact) mass is 198 g/mol. The molecule has 0 aliphatic carbocycles. The second-order valence-corrected chi connectivity index (χ2v) is 3.38. The van der Waals surface area contributed by atoms with Crippen molar-refractivity contribution in [1.82, 2.24) is 0 Å². The first-order valence-corrected chi connectivity index (χ1v) is 4.87. The summed E-state index contributed by atoms with van der Waals surface area (Å²) in [5.74, 6) is 0. The van der Waals surface area contributed by atoms with Crippen molar-refractivity contribution < 1.29 is 23.2 Å². The van der Waals surface area contributed by atoms with Gasteiger partial charge in [0, 0.05) is 13.7 Å². The highest BCUT2D eigenvalue weighted by molar-refractivity contribution is 7.45. The SMILES string of the molecule is COP(=O)([O-])OCCOCCN. The first-order valence-electron chi connectivity index (χ1n) is 3.41. The van der Waals surface area contributed by atoms with E-state index in [-0.39, 0.29) is 13.2 Å². The summed E-state index contributed by atoms with van der Waals surface area (Å²) in [5.41, 5.74) is 5.12. The van der Waals surface area contributed by atoms with Gasteiger partial charge >= 0.3 is 0 Å². The zero-order valence-electron chi connectivity index (χ0n) is 6.89. The van der Waals surface area contributed by atoms with Crippen molar-refractivity contribution in [3.05, 3.63) is 0 Å². The minimum atomic E-state index is -4.08. The maximum Gasteiger partial charge on any atom is 0.267 e. The molecule has 0 spiro atoms. The van der Waals surface area contributed by atoms with Crippen molar-refractivity contribution in [1.29, 1.82) is 0 Å². The fraction of sp³-hybridized carbons (Fsp3) is 1.00. The Kier molecular flexibility index (Phi) is 6.55. The third-order valence-electron chi connectivity index (χ3n) is 0.963. The van der Waals surface area contributed by atoms with E-state index >= 15 is 0 Å². The lowest BCUT2D eigenvalue weighted by atomic mass is 10.7. The number of hydrogen-bond acceptors (Lipinski definition) is 6. The smallest absolute Gasteiger partial charge is 0.267 e. The van der Waals surface area contributed by atoms with Gasteiger partial charge in [-0.1, -0.05) is 0 Å². The molecule has 6 nitrogen and oxygen atoms in total. The van der Waals surface area contributed by atoms with Gasteiger partial charge in [-0.25, -0.2) is 0 Å². The molecule has 0 heterocycles. The van der Waals surface area contributed by atoms with E-state index in [1.165, 1.54) is 0 Å². The first kappa shape index (κ1) is 12.0. The summed E-state index contributed by atoms with van der Waals surface area (Å²) in [4.78, 5) is 10.5. The molecule has 0 radical (unpaired) electrons. The minimum Gasteiger partial charge on any atom is -0.756 e. The summed E-state index contributed by atoms with van der Waals surface area (Å²) < 4.78 is 23.8. The Hall–Kier alpha value is 0.0300. The maximum atomic E-state index is 10.5. The maximum absolute atomic E-state index is 10.5. The number of phosphoric ester groups is 1. The lowest BCUT2D eigenvalue weighted by Crippen LogP contribution is -2.13. The minimum absolute atomic E-state index is 0.0470. The van der Waals surface area contributed by atoms with E-state index in [1.807, 2.05) is 0 Å². The Balaban J connectivity index is 3.25. The summed E-state index contributed by atoms with van der Waals surface area (Å²) in [7, 11) is -3.05. The standard InChI is InChI=1S/C5H14NO5P/c1-9-12(7,8)11-5-4-10-3-2-6/h2-6H2,1H3,(H,7,8)/p-1. The fourth-order valence-electron chi connectivity index (χ4n) is 0.446. The molecule has 0 rings (SSSR count). The third-order valence-corrected chi connectivity index (χ3v) is 1.91. The van der Waals surface area contributed by atoms with Crippen molar-refractivity contribution in [2.45, 2.75) is 0 Å². The van der Waals surface area contributed by atoms with E-state index in [0.29, 0.717) is 13.2 Å². The van der Waals surface area contributed by atoms with Crippen molar-refractivity contribution >= 4 is 7.82 Å². The van der Waals surface area contributed by atoms with Crippen LogP contribution in [0.2, 0.25) is 0 Å². The molecule has 0 aliphatic rings. The predicted octanol–water partition coefficient (Wildman–Crippen LogP) is -0.907. The molecular formula is C5H13NO5P-. The summed E-state index contributed by atoms with van der Waals surface area (Å²) >= 11 is 0. The molecular weight excluding hydrogens is 185 g/mol. The Labute approximate surface area is 71.2 Å². The molecule has 7 heteroatoms. The van der Waals surface area contributed by atoms with Gasteiger partial charge in [0.25, 0.3) is 7.82 Å². The van der Waals surface area contributed by atoms with Crippen molar-refractivity contribution in [2.75, 3.05) is 33.5 Å². The van der Waals surface area contributed by atoms with Crippen molar-refractivity contribution in [3.8, 4) is 0 Å². The Bertz CT molecular complexity index is 153. The molecule has 74 valence electrons. The molecule has 0 aliphatic heterocycles. The predicted molar refractivity (Wildman–Crippen MR) is 40.4 cm³/mol. The second kappa shape index (κ2) is 6.54. The fourth-order valence-corrected chi connectivity index (χ4v) is 0.850. The Morgan fingerprint density at radius 3 is 2.58 bits per heavy atom. The average molecular weight is 198 g/mol. The van der Waals surface area contributed by atoms with E-state index in [2.05, 4.69) is 9.05 Å². The van der Waals surface area contributed by atoms with E-state index in [4.69, 9.17) is 10.5 Å². The first-order chi connectivity index (χ1) is 5.62. The molecule has 0 aromatic heterocycles. The van der Waals surface area contributed by atoms with Gasteiger partial charge in [-0.05, 0) is 0 Å². The average Bonchev–Trinajstić information content (AvgIpc) is 2.04. The van der Waals surface area contributed by atoms with Gasteiger partial charge in [-0.2, -0.15) is 0 Å². The number of nitrogens with two attached hydrogens (primary N) is 1. The highest BCUT2D eigenvalue weighted by Gasteiger charge is 2.04. The zero-order chi connectivity index (χ0) is 9.45. The van der Waals surface area contributed by atoms with Crippen LogP contribution in [0.5, 0.6) is 0 Å². The highest BCUT2D eigenvalue weighted by Crippen LogP contribution is 2.36. The zero-order valence-corrected chi connectivity index (χ0v) is 7.79. The Morgan fingerprint density at radius 1 is 1.42 bits per heavy atom. The van der Waals surface area contributed by atoms with Gasteiger partial charge in [-0.15, -0.1) is 0 Å². The number of rotatable bonds is 7. The summed E-state index contributed by atoms with van der Waals surface area (Å²) in [5, 5.41) is 0. The van der Waals surface area contributed by atoms with Crippen LogP contribution in [-0.4, -0.2) is 33.5 Å². The van der Waals surface area contributed by atoms with Crippen LogP contribution in [0.25, 0.3) is 0 Å². The van der Waals surface area contributed by atoms with Gasteiger partial charge < -0.3 is 24.4 Å². The molecule has 12 heavy (non-hydrogen) atoms. The molecule has 0 fully saturated rings. The van der Waals surface area contributed by atoms with E-state index < -0.39 is 7.82 Å². The normalized spacial score (nSPS) is 15.9. The molecule has 0 aromatic carbocycles. The largest absolute Gasteiger partial charge is 0.756 e. The molecule has 1 atom stereocenters. The lowest BCUT2D eigenvalue weighted by Gasteiger charge is -2.19. The molecule has 0 aromatic rings. The van der Waals surface area contributed by atoms with Crippen molar-refractivity contribution in [3.63, 3.8) is 0 Å². The molecule has 0 saturated heterocycles. The lowest BCUT2D eigenvalue weighted by molar-refractivity contribution is -0.223.